The SMILES string of the molecule is CC1CCN1Cc1ccc(N)cc1. The van der Waals surface area contributed by atoms with E-state index in [4.69, 9.17) is 5.73 Å². The van der Waals surface area contributed by atoms with Crippen LogP contribution in [0.15, 0.2) is 24.3 Å². The molecule has 0 spiro atoms. The van der Waals surface area contributed by atoms with Gasteiger partial charge in [0.1, 0.15) is 0 Å². The van der Waals surface area contributed by atoms with Crippen molar-refractivity contribution in [3.05, 3.63) is 29.8 Å². The van der Waals surface area contributed by atoms with Crippen LogP contribution in [0.4, 0.5) is 5.69 Å². The van der Waals surface area contributed by atoms with Crippen molar-refractivity contribution in [1.82, 2.24) is 4.90 Å². The molecule has 70 valence electrons. The summed E-state index contributed by atoms with van der Waals surface area (Å²) in [7, 11) is 0. The van der Waals surface area contributed by atoms with Gasteiger partial charge in [-0.15, -0.1) is 0 Å². The second-order valence-corrected chi connectivity index (χ2v) is 3.85. The van der Waals surface area contributed by atoms with E-state index in [9.17, 15) is 0 Å². The van der Waals surface area contributed by atoms with Crippen molar-refractivity contribution < 1.29 is 0 Å². The molecule has 0 radical (unpaired) electrons. The van der Waals surface area contributed by atoms with Crippen LogP contribution >= 0.6 is 0 Å². The van der Waals surface area contributed by atoms with E-state index in [1.54, 1.807) is 0 Å². The molecule has 2 nitrogen and oxygen atoms in total. The summed E-state index contributed by atoms with van der Waals surface area (Å²) in [6.45, 7) is 4.59. The number of nitrogens with zero attached hydrogens (tertiary/aromatic N) is 1. The molecule has 1 aromatic carbocycles. The predicted molar refractivity (Wildman–Crippen MR) is 55.3 cm³/mol. The van der Waals surface area contributed by atoms with Gasteiger partial charge in [-0.2, -0.15) is 0 Å². The van der Waals surface area contributed by atoms with Gasteiger partial charge in [-0.05, 0) is 31.0 Å². The third-order valence-corrected chi connectivity index (χ3v) is 2.82. The highest BCUT2D eigenvalue weighted by Crippen LogP contribution is 2.19. The van der Waals surface area contributed by atoms with Gasteiger partial charge in [0.15, 0.2) is 0 Å². The van der Waals surface area contributed by atoms with Crippen molar-refractivity contribution in [3.8, 4) is 0 Å². The van der Waals surface area contributed by atoms with Crippen LogP contribution in [-0.4, -0.2) is 17.5 Å². The van der Waals surface area contributed by atoms with Crippen molar-refractivity contribution in [2.45, 2.75) is 25.9 Å². The van der Waals surface area contributed by atoms with Gasteiger partial charge in [0.2, 0.25) is 0 Å². The zero-order valence-corrected chi connectivity index (χ0v) is 8.03. The van der Waals surface area contributed by atoms with Crippen LogP contribution in [0.25, 0.3) is 0 Å². The molecule has 13 heavy (non-hydrogen) atoms. The first-order valence-electron chi connectivity index (χ1n) is 4.84. The maximum atomic E-state index is 5.62. The van der Waals surface area contributed by atoms with Gasteiger partial charge >= 0.3 is 0 Å². The van der Waals surface area contributed by atoms with E-state index in [2.05, 4.69) is 24.0 Å². The van der Waals surface area contributed by atoms with Crippen molar-refractivity contribution in [2.24, 2.45) is 0 Å². The van der Waals surface area contributed by atoms with E-state index >= 15 is 0 Å². The minimum Gasteiger partial charge on any atom is -0.399 e. The second-order valence-electron chi connectivity index (χ2n) is 3.85. The monoisotopic (exact) mass is 176 g/mol. The Morgan fingerprint density at radius 1 is 1.38 bits per heavy atom. The average molecular weight is 176 g/mol. The molecule has 2 heteroatoms. The van der Waals surface area contributed by atoms with Crippen LogP contribution in [0.3, 0.4) is 0 Å². The summed E-state index contributed by atoms with van der Waals surface area (Å²) in [5.74, 6) is 0. The molecule has 1 aliphatic rings. The van der Waals surface area contributed by atoms with Gasteiger partial charge in [-0.1, -0.05) is 12.1 Å². The summed E-state index contributed by atoms with van der Waals surface area (Å²) < 4.78 is 0. The zero-order valence-electron chi connectivity index (χ0n) is 8.03. The van der Waals surface area contributed by atoms with Crippen LogP contribution in [-0.2, 0) is 6.54 Å². The van der Waals surface area contributed by atoms with Crippen LogP contribution in [0, 0.1) is 0 Å². The van der Waals surface area contributed by atoms with Crippen molar-refractivity contribution >= 4 is 5.69 Å². The Balaban J connectivity index is 1.98. The summed E-state index contributed by atoms with van der Waals surface area (Å²) in [5, 5.41) is 0. The zero-order chi connectivity index (χ0) is 9.26. The largest absolute Gasteiger partial charge is 0.399 e. The fourth-order valence-electron chi connectivity index (χ4n) is 1.66. The Kier molecular flexibility index (Phi) is 2.23. The lowest BCUT2D eigenvalue weighted by Crippen LogP contribution is -2.44. The Bertz CT molecular complexity index is 279. The Hall–Kier alpha value is -1.02. The van der Waals surface area contributed by atoms with Gasteiger partial charge in [0, 0.05) is 24.8 Å². The van der Waals surface area contributed by atoms with Gasteiger partial charge in [-0.3, -0.25) is 4.90 Å². The highest BCUT2D eigenvalue weighted by Gasteiger charge is 2.22. The second kappa shape index (κ2) is 3.38. The number of nitrogens with two attached hydrogens (primary N) is 1. The van der Waals surface area contributed by atoms with E-state index in [1.165, 1.54) is 18.5 Å². The highest BCUT2D eigenvalue weighted by atomic mass is 15.2. The number of hydrogen-bond donors (Lipinski definition) is 1. The first-order valence-corrected chi connectivity index (χ1v) is 4.84. The van der Waals surface area contributed by atoms with E-state index in [1.807, 2.05) is 12.1 Å². The molecular weight excluding hydrogens is 160 g/mol. The number of hydrogen-bond acceptors (Lipinski definition) is 2. The molecule has 1 unspecified atom stereocenters. The minimum atomic E-state index is 0.762. The normalized spacial score (nSPS) is 22.7. The van der Waals surface area contributed by atoms with Crippen LogP contribution < -0.4 is 5.73 Å². The van der Waals surface area contributed by atoms with Crippen molar-refractivity contribution in [1.29, 1.82) is 0 Å². The molecule has 1 atom stereocenters. The van der Waals surface area contributed by atoms with E-state index in [0.717, 1.165) is 18.3 Å². The quantitative estimate of drug-likeness (QED) is 0.697. The first-order chi connectivity index (χ1) is 6.25. The van der Waals surface area contributed by atoms with E-state index < -0.39 is 0 Å². The minimum absolute atomic E-state index is 0.762. The number of likely N-dealkylation sites (tertiary alicyclic amines) is 1. The molecule has 0 aromatic heterocycles. The molecule has 1 saturated heterocycles. The lowest BCUT2D eigenvalue weighted by molar-refractivity contribution is 0.0959. The smallest absolute Gasteiger partial charge is 0.0314 e. The van der Waals surface area contributed by atoms with Crippen LogP contribution in [0.2, 0.25) is 0 Å². The molecule has 2 rings (SSSR count). The molecule has 1 fully saturated rings. The maximum Gasteiger partial charge on any atom is 0.0314 e. The van der Waals surface area contributed by atoms with Crippen LogP contribution in [0.1, 0.15) is 18.9 Å². The first kappa shape index (κ1) is 8.57. The molecule has 1 heterocycles. The Morgan fingerprint density at radius 3 is 2.54 bits per heavy atom. The molecular formula is C11H16N2. The molecule has 2 N–H and O–H groups in total. The summed E-state index contributed by atoms with van der Waals surface area (Å²) in [6, 6.07) is 8.93. The standard InChI is InChI=1S/C11H16N2/c1-9-6-7-13(9)8-10-2-4-11(12)5-3-10/h2-5,9H,6-8,12H2,1H3. The molecule has 0 bridgehead atoms. The predicted octanol–water partition coefficient (Wildman–Crippen LogP) is 1.86. The fourth-order valence-corrected chi connectivity index (χ4v) is 1.66. The Labute approximate surface area is 79.4 Å². The van der Waals surface area contributed by atoms with Crippen molar-refractivity contribution in [2.75, 3.05) is 12.3 Å². The summed E-state index contributed by atoms with van der Waals surface area (Å²) >= 11 is 0. The van der Waals surface area contributed by atoms with E-state index in [-0.39, 0.29) is 0 Å². The van der Waals surface area contributed by atoms with Gasteiger partial charge in [0.25, 0.3) is 0 Å². The molecule has 0 saturated carbocycles. The number of rotatable bonds is 2. The molecule has 1 aliphatic heterocycles. The third-order valence-electron chi connectivity index (χ3n) is 2.82. The summed E-state index contributed by atoms with van der Waals surface area (Å²) in [4.78, 5) is 2.48. The molecule has 0 amide bonds. The van der Waals surface area contributed by atoms with Crippen LogP contribution in [0.5, 0.6) is 0 Å². The van der Waals surface area contributed by atoms with E-state index in [0.29, 0.717) is 0 Å². The molecule has 0 aliphatic carbocycles. The van der Waals surface area contributed by atoms with Gasteiger partial charge in [-0.25, -0.2) is 0 Å². The summed E-state index contributed by atoms with van der Waals surface area (Å²) in [6.07, 6.45) is 1.34. The van der Waals surface area contributed by atoms with Gasteiger partial charge < -0.3 is 5.73 Å². The number of nitrogen functional groups attached to an aromatic ring is 1. The topological polar surface area (TPSA) is 29.3 Å². The Morgan fingerprint density at radius 2 is 2.08 bits per heavy atom. The van der Waals surface area contributed by atoms with Crippen molar-refractivity contribution in [3.63, 3.8) is 0 Å². The third kappa shape index (κ3) is 1.83. The highest BCUT2D eigenvalue weighted by molar-refractivity contribution is 5.39. The lowest BCUT2D eigenvalue weighted by atomic mass is 10.0. The average Bonchev–Trinajstić information content (AvgIpc) is 2.15. The van der Waals surface area contributed by atoms with Gasteiger partial charge in [0.05, 0.1) is 0 Å². The fraction of sp³-hybridized carbons (Fsp3) is 0.455. The summed E-state index contributed by atoms with van der Waals surface area (Å²) in [5.41, 5.74) is 7.83. The lowest BCUT2D eigenvalue weighted by Gasteiger charge is -2.38. The maximum absolute atomic E-state index is 5.62. The number of anilines is 1. The number of benzene rings is 1. The molecule has 1 aromatic rings.